The summed E-state index contributed by atoms with van der Waals surface area (Å²) in [5.41, 5.74) is 1.35. The maximum Gasteiger partial charge on any atom is 0.264 e. The second-order valence-corrected chi connectivity index (χ2v) is 6.26. The molecule has 0 spiro atoms. The van der Waals surface area contributed by atoms with Gasteiger partial charge in [-0.15, -0.1) is 0 Å². The number of hydrogen-bond donors (Lipinski definition) is 0. The molecule has 5 nitrogen and oxygen atoms in total. The first-order valence-electron chi connectivity index (χ1n) is 8.28. The summed E-state index contributed by atoms with van der Waals surface area (Å²) in [6, 6.07) is 15.9. The molecule has 0 unspecified atom stereocenters. The van der Waals surface area contributed by atoms with E-state index in [0.717, 1.165) is 10.9 Å². The lowest BCUT2D eigenvalue weighted by Crippen LogP contribution is -2.31. The smallest absolute Gasteiger partial charge is 0.264 e. The Kier molecular flexibility index (Phi) is 5.28. The van der Waals surface area contributed by atoms with E-state index in [1.165, 1.54) is 11.0 Å². The van der Waals surface area contributed by atoms with E-state index in [0.29, 0.717) is 23.0 Å². The molecule has 26 heavy (non-hydrogen) atoms. The number of carbonyl (C=O) groups excluding carboxylic acids is 1. The average molecular weight is 371 g/mol. The zero-order valence-corrected chi connectivity index (χ0v) is 15.4. The summed E-state index contributed by atoms with van der Waals surface area (Å²) in [6.07, 6.45) is 0. The van der Waals surface area contributed by atoms with Crippen LogP contribution in [0, 0.1) is 0 Å². The van der Waals surface area contributed by atoms with Crippen LogP contribution in [0.1, 0.15) is 6.92 Å². The van der Waals surface area contributed by atoms with Crippen LogP contribution in [0.5, 0.6) is 5.75 Å². The summed E-state index contributed by atoms with van der Waals surface area (Å²) in [5.74, 6) is 0.184. The highest BCUT2D eigenvalue weighted by Gasteiger charge is 2.14. The van der Waals surface area contributed by atoms with Gasteiger partial charge in [-0.25, -0.2) is 0 Å². The molecular weight excluding hydrogens is 352 g/mol. The highest BCUT2D eigenvalue weighted by atomic mass is 35.5. The van der Waals surface area contributed by atoms with Crippen LogP contribution in [-0.4, -0.2) is 24.1 Å². The van der Waals surface area contributed by atoms with Gasteiger partial charge in [0.25, 0.3) is 11.5 Å². The van der Waals surface area contributed by atoms with Gasteiger partial charge in [0.1, 0.15) is 5.75 Å². The first kappa shape index (κ1) is 18.0. The number of aromatic nitrogens is 1. The number of likely N-dealkylation sites (N-methyl/N-ethyl adjacent to an activating group) is 1. The van der Waals surface area contributed by atoms with Crippen LogP contribution in [0.2, 0.25) is 5.02 Å². The first-order valence-corrected chi connectivity index (χ1v) is 8.66. The average Bonchev–Trinajstić information content (AvgIpc) is 2.66. The number of nitrogens with zero attached hydrogens (tertiary/aromatic N) is 2. The van der Waals surface area contributed by atoms with Crippen LogP contribution in [0.3, 0.4) is 0 Å². The minimum absolute atomic E-state index is 0.153. The summed E-state index contributed by atoms with van der Waals surface area (Å²) in [6.45, 7) is 2.32. The van der Waals surface area contributed by atoms with Crippen molar-refractivity contribution in [1.82, 2.24) is 4.57 Å². The van der Waals surface area contributed by atoms with Gasteiger partial charge in [-0.3, -0.25) is 9.59 Å². The third-order valence-electron chi connectivity index (χ3n) is 4.24. The lowest BCUT2D eigenvalue weighted by Gasteiger charge is -2.18. The third-order valence-corrected chi connectivity index (χ3v) is 4.49. The summed E-state index contributed by atoms with van der Waals surface area (Å²) < 4.78 is 7.37. The van der Waals surface area contributed by atoms with E-state index in [1.807, 2.05) is 31.2 Å². The van der Waals surface area contributed by atoms with Crippen molar-refractivity contribution in [2.45, 2.75) is 13.5 Å². The monoisotopic (exact) mass is 370 g/mol. The SMILES string of the molecule is CCn1c(=O)cc(OCC(=O)N(C)c2ccc(Cl)cc2)c2ccccc21. The molecule has 1 heterocycles. The molecule has 0 aliphatic heterocycles. The summed E-state index contributed by atoms with van der Waals surface area (Å²) in [7, 11) is 1.67. The van der Waals surface area contributed by atoms with E-state index in [1.54, 1.807) is 35.9 Å². The fourth-order valence-corrected chi connectivity index (χ4v) is 2.92. The van der Waals surface area contributed by atoms with E-state index in [2.05, 4.69) is 0 Å². The molecule has 0 radical (unpaired) electrons. The van der Waals surface area contributed by atoms with Crippen LogP contribution in [0.4, 0.5) is 5.69 Å². The molecule has 6 heteroatoms. The maximum atomic E-state index is 12.4. The number of hydrogen-bond acceptors (Lipinski definition) is 3. The van der Waals surface area contributed by atoms with Gasteiger partial charge in [0.15, 0.2) is 6.61 Å². The molecule has 0 N–H and O–H groups in total. The molecule has 0 fully saturated rings. The molecule has 1 aromatic heterocycles. The molecule has 0 aliphatic carbocycles. The molecule has 3 aromatic rings. The normalized spacial score (nSPS) is 10.7. The number of anilines is 1. The number of benzene rings is 2. The van der Waals surface area contributed by atoms with Gasteiger partial charge in [-0.1, -0.05) is 23.7 Å². The van der Waals surface area contributed by atoms with Crippen molar-refractivity contribution in [2.24, 2.45) is 0 Å². The molecule has 0 aliphatic rings. The Balaban J connectivity index is 1.82. The van der Waals surface area contributed by atoms with Gasteiger partial charge >= 0.3 is 0 Å². The second kappa shape index (κ2) is 7.62. The molecule has 1 amide bonds. The summed E-state index contributed by atoms with van der Waals surface area (Å²) in [5, 5.41) is 1.41. The van der Waals surface area contributed by atoms with Crippen molar-refractivity contribution in [2.75, 3.05) is 18.6 Å². The standard InChI is InChI=1S/C20H19ClN2O3/c1-3-23-17-7-5-4-6-16(17)18(12-19(23)24)26-13-20(25)22(2)15-10-8-14(21)9-11-15/h4-12H,3,13H2,1-2H3. The van der Waals surface area contributed by atoms with Crippen molar-refractivity contribution >= 4 is 34.1 Å². The number of para-hydroxylation sites is 1. The van der Waals surface area contributed by atoms with Crippen molar-refractivity contribution < 1.29 is 9.53 Å². The Morgan fingerprint density at radius 3 is 2.54 bits per heavy atom. The Morgan fingerprint density at radius 2 is 1.85 bits per heavy atom. The van der Waals surface area contributed by atoms with Crippen LogP contribution in [-0.2, 0) is 11.3 Å². The van der Waals surface area contributed by atoms with Crippen molar-refractivity contribution in [3.05, 3.63) is 70.0 Å². The number of carbonyl (C=O) groups is 1. The molecule has 3 rings (SSSR count). The molecular formula is C20H19ClN2O3. The third kappa shape index (κ3) is 3.58. The number of amides is 1. The van der Waals surface area contributed by atoms with Crippen molar-refractivity contribution in [1.29, 1.82) is 0 Å². The number of rotatable bonds is 5. The lowest BCUT2D eigenvalue weighted by atomic mass is 10.2. The van der Waals surface area contributed by atoms with Gasteiger partial charge < -0.3 is 14.2 Å². The second-order valence-electron chi connectivity index (χ2n) is 5.83. The number of halogens is 1. The largest absolute Gasteiger partial charge is 0.483 e. The van der Waals surface area contributed by atoms with Gasteiger partial charge in [0.05, 0.1) is 5.52 Å². The van der Waals surface area contributed by atoms with E-state index < -0.39 is 0 Å². The number of fused-ring (bicyclic) bond motifs is 1. The van der Waals surface area contributed by atoms with Gasteiger partial charge in [-0.05, 0) is 43.3 Å². The molecule has 0 saturated heterocycles. The van der Waals surface area contributed by atoms with Crippen LogP contribution in [0.15, 0.2) is 59.4 Å². The minimum atomic E-state index is -0.226. The molecule has 0 bridgehead atoms. The number of pyridine rings is 1. The van der Waals surface area contributed by atoms with Crippen molar-refractivity contribution in [3.8, 4) is 5.75 Å². The predicted octanol–water partition coefficient (Wildman–Crippen LogP) is 3.72. The Labute approximate surface area is 156 Å². The highest BCUT2D eigenvalue weighted by molar-refractivity contribution is 6.30. The Bertz CT molecular complexity index is 996. The Hall–Kier alpha value is -2.79. The molecule has 134 valence electrons. The fraction of sp³-hybridized carbons (Fsp3) is 0.200. The summed E-state index contributed by atoms with van der Waals surface area (Å²) >= 11 is 5.87. The molecule has 2 aromatic carbocycles. The highest BCUT2D eigenvalue weighted by Crippen LogP contribution is 2.24. The fourth-order valence-electron chi connectivity index (χ4n) is 2.79. The maximum absolute atomic E-state index is 12.4. The lowest BCUT2D eigenvalue weighted by molar-refractivity contribution is -0.120. The topological polar surface area (TPSA) is 51.5 Å². The van der Waals surface area contributed by atoms with Crippen LogP contribution >= 0.6 is 11.6 Å². The van der Waals surface area contributed by atoms with E-state index in [-0.39, 0.29) is 18.1 Å². The molecule has 0 saturated carbocycles. The van der Waals surface area contributed by atoms with E-state index in [9.17, 15) is 9.59 Å². The van der Waals surface area contributed by atoms with Crippen LogP contribution in [0.25, 0.3) is 10.9 Å². The van der Waals surface area contributed by atoms with Crippen LogP contribution < -0.4 is 15.2 Å². The summed E-state index contributed by atoms with van der Waals surface area (Å²) in [4.78, 5) is 26.2. The van der Waals surface area contributed by atoms with E-state index >= 15 is 0 Å². The zero-order valence-electron chi connectivity index (χ0n) is 14.6. The van der Waals surface area contributed by atoms with Crippen molar-refractivity contribution in [3.63, 3.8) is 0 Å². The first-order chi connectivity index (χ1) is 12.5. The van der Waals surface area contributed by atoms with Gasteiger partial charge in [0.2, 0.25) is 0 Å². The molecule has 0 atom stereocenters. The van der Waals surface area contributed by atoms with Gasteiger partial charge in [-0.2, -0.15) is 0 Å². The predicted molar refractivity (Wildman–Crippen MR) is 104 cm³/mol. The number of aryl methyl sites for hydroxylation is 1. The van der Waals surface area contributed by atoms with Gasteiger partial charge in [0, 0.05) is 35.8 Å². The van der Waals surface area contributed by atoms with E-state index in [4.69, 9.17) is 16.3 Å². The quantitative estimate of drug-likeness (QED) is 0.687. The minimum Gasteiger partial charge on any atom is -0.483 e. The Morgan fingerprint density at radius 1 is 1.15 bits per heavy atom. The number of ether oxygens (including phenoxy) is 1. The zero-order chi connectivity index (χ0) is 18.7.